The van der Waals surface area contributed by atoms with Gasteiger partial charge < -0.3 is 4.74 Å². The maximum absolute atomic E-state index is 6.63. The summed E-state index contributed by atoms with van der Waals surface area (Å²) < 4.78 is 6.63. The highest BCUT2D eigenvalue weighted by atomic mass is 32.2. The zero-order chi connectivity index (χ0) is 22.7. The molecule has 7 rings (SSSR count). The average Bonchev–Trinajstić information content (AvgIpc) is 2.74. The second kappa shape index (κ2) is 6.71. The van der Waals surface area contributed by atoms with E-state index in [0.29, 0.717) is 39.1 Å². The minimum absolute atomic E-state index is 0.360. The molecule has 5 fully saturated rings. The van der Waals surface area contributed by atoms with Gasteiger partial charge in [-0.25, -0.2) is 0 Å². The van der Waals surface area contributed by atoms with Crippen LogP contribution in [-0.4, -0.2) is 12.7 Å². The lowest BCUT2D eigenvalue weighted by atomic mass is 9.34. The Labute approximate surface area is 201 Å². The van der Waals surface area contributed by atoms with Gasteiger partial charge in [0.2, 0.25) is 0 Å². The second-order valence-electron chi connectivity index (χ2n) is 14.3. The number of rotatable bonds is 1. The monoisotopic (exact) mass is 454 g/mol. The van der Waals surface area contributed by atoms with Crippen molar-refractivity contribution in [2.45, 2.75) is 112 Å². The molecule has 1 spiro atoms. The van der Waals surface area contributed by atoms with E-state index in [1.165, 1.54) is 57.8 Å². The van der Waals surface area contributed by atoms with Crippen LogP contribution in [0.1, 0.15) is 106 Å². The number of allylic oxidation sites excluding steroid dienone is 4. The van der Waals surface area contributed by atoms with Crippen molar-refractivity contribution in [3.63, 3.8) is 0 Å². The van der Waals surface area contributed by atoms with Crippen LogP contribution in [0.5, 0.6) is 0 Å². The first-order chi connectivity index (χ1) is 15.0. The van der Waals surface area contributed by atoms with E-state index in [2.05, 4.69) is 66.3 Å². The van der Waals surface area contributed by atoms with Crippen LogP contribution < -0.4 is 0 Å². The third-order valence-electron chi connectivity index (χ3n) is 12.4. The number of hydrogen-bond acceptors (Lipinski definition) is 2. The molecule has 32 heavy (non-hydrogen) atoms. The van der Waals surface area contributed by atoms with Gasteiger partial charge in [0.05, 0.1) is 12.7 Å². The lowest BCUT2D eigenvalue weighted by molar-refractivity contribution is -0.288. The predicted octanol–water partition coefficient (Wildman–Crippen LogP) is 8.76. The summed E-state index contributed by atoms with van der Waals surface area (Å²) in [5.74, 6) is 2.36. The standard InChI is InChI=1S/C30H46OS/c1-19(2)21-10-13-27(5)16-17-28(6)20(25(27)32-21)8-9-23-29(28,7)14-11-22-26(3,4)24-12-15-30(22,23)18-31-24/h10,19,22-24H,8-9,11-18H2,1-7H3/t22-,23-,24-,27+,28+,29+,30+/m0/s1. The van der Waals surface area contributed by atoms with E-state index < -0.39 is 0 Å². The summed E-state index contributed by atoms with van der Waals surface area (Å²) in [6, 6.07) is 0. The first-order valence-corrected chi connectivity index (χ1v) is 14.5. The first kappa shape index (κ1) is 22.3. The van der Waals surface area contributed by atoms with Crippen molar-refractivity contribution in [2.75, 3.05) is 6.61 Å². The molecule has 0 N–H and O–H groups in total. The van der Waals surface area contributed by atoms with Crippen molar-refractivity contribution in [1.82, 2.24) is 0 Å². The number of thioether (sulfide) groups is 1. The molecule has 0 aromatic heterocycles. The molecule has 1 nitrogen and oxygen atoms in total. The van der Waals surface area contributed by atoms with E-state index in [9.17, 15) is 0 Å². The molecule has 0 aromatic carbocycles. The Morgan fingerprint density at radius 2 is 1.72 bits per heavy atom. The van der Waals surface area contributed by atoms with E-state index in [-0.39, 0.29) is 0 Å². The maximum Gasteiger partial charge on any atom is 0.0629 e. The van der Waals surface area contributed by atoms with Crippen molar-refractivity contribution < 1.29 is 4.74 Å². The third kappa shape index (κ3) is 2.53. The molecular weight excluding hydrogens is 408 g/mol. The molecule has 2 saturated heterocycles. The Bertz CT molecular complexity index is 887. The summed E-state index contributed by atoms with van der Waals surface area (Å²) in [5, 5.41) is 0. The van der Waals surface area contributed by atoms with Crippen LogP contribution in [0.2, 0.25) is 0 Å². The molecule has 178 valence electrons. The number of fused-ring (bicyclic) bond motifs is 6. The van der Waals surface area contributed by atoms with Crippen LogP contribution in [0.4, 0.5) is 0 Å². The molecule has 3 heterocycles. The van der Waals surface area contributed by atoms with Crippen molar-refractivity contribution in [1.29, 1.82) is 0 Å². The fraction of sp³-hybridized carbons (Fsp3) is 0.867. The van der Waals surface area contributed by atoms with Gasteiger partial charge >= 0.3 is 0 Å². The van der Waals surface area contributed by atoms with Crippen LogP contribution in [0.15, 0.2) is 21.5 Å². The van der Waals surface area contributed by atoms with E-state index in [4.69, 9.17) is 4.74 Å². The molecule has 4 aliphatic carbocycles. The molecule has 0 radical (unpaired) electrons. The summed E-state index contributed by atoms with van der Waals surface area (Å²) >= 11 is 2.20. The molecule has 3 aliphatic heterocycles. The Morgan fingerprint density at radius 1 is 0.938 bits per heavy atom. The fourth-order valence-corrected chi connectivity index (χ4v) is 11.8. The van der Waals surface area contributed by atoms with Crippen LogP contribution in [0.3, 0.4) is 0 Å². The fourth-order valence-electron chi connectivity index (χ4n) is 10.3. The number of ether oxygens (including phenoxy) is 1. The normalized spacial score (nSPS) is 51.5. The van der Waals surface area contributed by atoms with Gasteiger partial charge in [-0.05, 0) is 102 Å². The third-order valence-corrected chi connectivity index (χ3v) is 14.2. The highest BCUT2D eigenvalue weighted by Crippen LogP contribution is 2.77. The van der Waals surface area contributed by atoms with Gasteiger partial charge in [0.25, 0.3) is 0 Å². The van der Waals surface area contributed by atoms with Gasteiger partial charge in [-0.15, -0.1) is 0 Å². The van der Waals surface area contributed by atoms with Gasteiger partial charge in [-0.2, -0.15) is 0 Å². The number of hydrogen-bond donors (Lipinski definition) is 0. The van der Waals surface area contributed by atoms with Crippen molar-refractivity contribution >= 4 is 11.8 Å². The topological polar surface area (TPSA) is 9.23 Å². The summed E-state index contributed by atoms with van der Waals surface area (Å²) in [6.07, 6.45) is 15.5. The molecule has 7 aliphatic rings. The summed E-state index contributed by atoms with van der Waals surface area (Å²) in [7, 11) is 0. The Morgan fingerprint density at radius 3 is 2.41 bits per heavy atom. The molecule has 7 atom stereocenters. The first-order valence-electron chi connectivity index (χ1n) is 13.7. The average molecular weight is 455 g/mol. The predicted molar refractivity (Wildman–Crippen MR) is 136 cm³/mol. The molecule has 2 heteroatoms. The van der Waals surface area contributed by atoms with E-state index in [1.807, 2.05) is 5.57 Å². The van der Waals surface area contributed by atoms with Gasteiger partial charge in [0.15, 0.2) is 0 Å². The zero-order valence-electron chi connectivity index (χ0n) is 21.8. The van der Waals surface area contributed by atoms with Crippen LogP contribution in [0, 0.1) is 44.8 Å². The molecule has 0 unspecified atom stereocenters. The Balaban J connectivity index is 1.45. The minimum atomic E-state index is 0.360. The maximum atomic E-state index is 6.63. The largest absolute Gasteiger partial charge is 0.377 e. The molecule has 3 saturated carbocycles. The summed E-state index contributed by atoms with van der Waals surface area (Å²) in [6.45, 7) is 18.9. The van der Waals surface area contributed by atoms with Gasteiger partial charge in [0, 0.05) is 10.8 Å². The van der Waals surface area contributed by atoms with E-state index in [1.54, 1.807) is 9.81 Å². The SMILES string of the molecule is CC(C)C1=CC[C@]2(C)CC[C@]3(C)C(=C2S1)CC[C@@H]1[C@]24CC[C@H](OC2)C(C)(C)[C@@H]4CC[C@]13C. The van der Waals surface area contributed by atoms with E-state index in [0.717, 1.165) is 18.4 Å². The molecule has 0 amide bonds. The minimum Gasteiger partial charge on any atom is -0.377 e. The molecule has 2 bridgehead atoms. The zero-order valence-corrected chi connectivity index (χ0v) is 22.6. The summed E-state index contributed by atoms with van der Waals surface area (Å²) in [5.41, 5.74) is 3.88. The second-order valence-corrected chi connectivity index (χ2v) is 15.3. The molecular formula is C30H46OS. The van der Waals surface area contributed by atoms with Crippen LogP contribution >= 0.6 is 11.8 Å². The van der Waals surface area contributed by atoms with Crippen molar-refractivity contribution in [2.24, 2.45) is 44.8 Å². The Kier molecular flexibility index (Phi) is 4.67. The van der Waals surface area contributed by atoms with Crippen LogP contribution in [-0.2, 0) is 4.74 Å². The van der Waals surface area contributed by atoms with Gasteiger partial charge in [0.1, 0.15) is 0 Å². The lowest BCUT2D eigenvalue weighted by Gasteiger charge is -2.73. The van der Waals surface area contributed by atoms with Crippen molar-refractivity contribution in [3.05, 3.63) is 21.5 Å². The van der Waals surface area contributed by atoms with Crippen molar-refractivity contribution in [3.8, 4) is 0 Å². The van der Waals surface area contributed by atoms with Crippen LogP contribution in [0.25, 0.3) is 0 Å². The highest BCUT2D eigenvalue weighted by molar-refractivity contribution is 8.06. The van der Waals surface area contributed by atoms with Gasteiger partial charge in [-0.1, -0.05) is 71.9 Å². The lowest BCUT2D eigenvalue weighted by Crippen LogP contribution is -2.69. The highest BCUT2D eigenvalue weighted by Gasteiger charge is 2.70. The van der Waals surface area contributed by atoms with E-state index >= 15 is 0 Å². The molecule has 0 aromatic rings. The quantitative estimate of drug-likeness (QED) is 0.391. The Hall–Kier alpha value is -0.210. The van der Waals surface area contributed by atoms with Gasteiger partial charge in [-0.3, -0.25) is 0 Å². The smallest absolute Gasteiger partial charge is 0.0629 e. The summed E-state index contributed by atoms with van der Waals surface area (Å²) in [4.78, 5) is 3.44.